The third-order valence-electron chi connectivity index (χ3n) is 6.68. The smallest absolute Gasteiger partial charge is 0.402 e. The zero-order valence-corrected chi connectivity index (χ0v) is 20.7. The number of carbonyl (C=O) groups excluding carboxylic acids is 1. The van der Waals surface area contributed by atoms with Crippen molar-refractivity contribution in [3.05, 3.63) is 83.6 Å². The maximum absolute atomic E-state index is 13.4. The molecule has 1 fully saturated rings. The topological polar surface area (TPSA) is 138 Å². The van der Waals surface area contributed by atoms with Crippen molar-refractivity contribution in [2.24, 2.45) is 4.99 Å². The highest BCUT2D eigenvalue weighted by atomic mass is 19.4. The number of amides is 1. The van der Waals surface area contributed by atoms with E-state index in [0.29, 0.717) is 30.4 Å². The lowest BCUT2D eigenvalue weighted by atomic mass is 9.89. The number of benzene rings is 2. The lowest BCUT2D eigenvalue weighted by Crippen LogP contribution is -2.42. The molecule has 2 aliphatic rings. The first-order valence-corrected chi connectivity index (χ1v) is 12.4. The second-order valence-electron chi connectivity index (χ2n) is 9.35. The highest BCUT2D eigenvalue weighted by molar-refractivity contribution is 6.19. The van der Waals surface area contributed by atoms with Crippen LogP contribution in [0.4, 0.5) is 30.6 Å². The van der Waals surface area contributed by atoms with E-state index in [0.717, 1.165) is 17.2 Å². The minimum atomic E-state index is -4.62. The number of nitrogens with zero attached hydrogens (tertiary/aromatic N) is 4. The van der Waals surface area contributed by atoms with E-state index in [1.54, 1.807) is 12.1 Å². The summed E-state index contributed by atoms with van der Waals surface area (Å²) in [5.74, 6) is -0.663. The van der Waals surface area contributed by atoms with Gasteiger partial charge in [0.2, 0.25) is 6.17 Å². The first-order chi connectivity index (χ1) is 19.3. The number of anilines is 3. The number of benzodiazepines with no additional fused rings is 1. The molecule has 3 heterocycles. The Labute approximate surface area is 225 Å². The zero-order valence-electron chi connectivity index (χ0n) is 20.7. The molecule has 13 heteroatoms. The van der Waals surface area contributed by atoms with Gasteiger partial charge in [-0.05, 0) is 25.0 Å². The molecule has 0 saturated heterocycles. The van der Waals surface area contributed by atoms with E-state index in [9.17, 15) is 23.1 Å². The minimum absolute atomic E-state index is 0.0131. The molecule has 3 atom stereocenters. The maximum Gasteiger partial charge on any atom is 0.417 e. The van der Waals surface area contributed by atoms with Crippen molar-refractivity contribution < 1.29 is 27.5 Å². The van der Waals surface area contributed by atoms with Crippen molar-refractivity contribution in [1.29, 1.82) is 0 Å². The predicted octanol–water partition coefficient (Wildman–Crippen LogP) is 4.31. The summed E-state index contributed by atoms with van der Waals surface area (Å²) in [6.07, 6.45) is -4.71. The fourth-order valence-corrected chi connectivity index (χ4v) is 4.43. The number of aromatic nitrogens is 3. The van der Waals surface area contributed by atoms with E-state index >= 15 is 0 Å². The first kappa shape index (κ1) is 25.5. The lowest BCUT2D eigenvalue weighted by Gasteiger charge is -2.34. The van der Waals surface area contributed by atoms with Crippen LogP contribution in [0.1, 0.15) is 29.5 Å². The van der Waals surface area contributed by atoms with Gasteiger partial charge >= 0.3 is 12.2 Å². The summed E-state index contributed by atoms with van der Waals surface area (Å²) in [6.45, 7) is 0. The van der Waals surface area contributed by atoms with Crippen molar-refractivity contribution in [3.63, 3.8) is 0 Å². The number of alkyl halides is 3. The van der Waals surface area contributed by atoms with Crippen LogP contribution in [0.3, 0.4) is 0 Å². The summed E-state index contributed by atoms with van der Waals surface area (Å²) in [4.78, 5) is 21.7. The Bertz CT molecular complexity index is 1590. The summed E-state index contributed by atoms with van der Waals surface area (Å²) in [7, 11) is 0. The monoisotopic (exact) mass is 549 g/mol. The highest BCUT2D eigenvalue weighted by Crippen LogP contribution is 2.36. The van der Waals surface area contributed by atoms with Crippen LogP contribution in [-0.2, 0) is 11.0 Å². The van der Waals surface area contributed by atoms with Gasteiger partial charge in [-0.2, -0.15) is 13.2 Å². The third-order valence-corrected chi connectivity index (χ3v) is 6.68. The van der Waals surface area contributed by atoms with Crippen molar-refractivity contribution in [3.8, 4) is 11.6 Å². The summed E-state index contributed by atoms with van der Waals surface area (Å²) in [5.41, 5.74) is 1.63. The Hall–Kier alpha value is -4.78. The quantitative estimate of drug-likeness (QED) is 0.279. The molecule has 1 unspecified atom stereocenters. The van der Waals surface area contributed by atoms with Gasteiger partial charge in [-0.25, -0.2) is 9.98 Å². The van der Waals surface area contributed by atoms with Crippen molar-refractivity contribution in [2.75, 3.05) is 16.0 Å². The number of para-hydroxylation sites is 1. The van der Waals surface area contributed by atoms with Crippen molar-refractivity contribution >= 4 is 29.0 Å². The Morgan fingerprint density at radius 2 is 1.77 bits per heavy atom. The van der Waals surface area contributed by atoms with Gasteiger partial charge in [-0.3, -0.25) is 4.79 Å². The van der Waals surface area contributed by atoms with Gasteiger partial charge < -0.3 is 25.5 Å². The Morgan fingerprint density at radius 3 is 2.50 bits per heavy atom. The average Bonchev–Trinajstić information content (AvgIpc) is 3.36. The standard InChI is InChI=1S/C27H22F3N7O3/c28-27(29,30)15-12-19(32-18-10-11-20(18)38)22(31-13-15)25-36-37-26(40-25)35-23-24(39)33-17-9-5-4-8-16(17)21(34-23)14-6-2-1-3-7-14/h1-9,12-13,18,20,23,32,38H,10-11H2,(H,33,39)(H,35,37)/t18-,20+,23?/m1/s1. The van der Waals surface area contributed by atoms with Crippen LogP contribution >= 0.6 is 0 Å². The number of pyridine rings is 1. The molecule has 0 bridgehead atoms. The van der Waals surface area contributed by atoms with Crippen LogP contribution in [0.25, 0.3) is 11.6 Å². The van der Waals surface area contributed by atoms with Gasteiger partial charge in [0.25, 0.3) is 11.8 Å². The van der Waals surface area contributed by atoms with Crippen LogP contribution in [0.5, 0.6) is 0 Å². The molecule has 4 aromatic rings. The Balaban J connectivity index is 1.32. The van der Waals surface area contributed by atoms with Gasteiger partial charge in [0.15, 0.2) is 5.69 Å². The molecule has 10 nitrogen and oxygen atoms in total. The molecule has 1 saturated carbocycles. The van der Waals surface area contributed by atoms with Crippen LogP contribution in [0.15, 0.2) is 76.3 Å². The minimum Gasteiger partial charge on any atom is -0.402 e. The maximum atomic E-state index is 13.4. The number of hydrogen-bond acceptors (Lipinski definition) is 9. The van der Waals surface area contributed by atoms with E-state index in [1.807, 2.05) is 42.5 Å². The number of halogens is 3. The number of aliphatic hydroxyl groups is 1. The number of carbonyl (C=O) groups is 1. The fourth-order valence-electron chi connectivity index (χ4n) is 4.43. The molecule has 40 heavy (non-hydrogen) atoms. The first-order valence-electron chi connectivity index (χ1n) is 12.4. The molecule has 6 rings (SSSR count). The number of fused-ring (bicyclic) bond motifs is 1. The molecule has 1 aliphatic heterocycles. The molecular weight excluding hydrogens is 527 g/mol. The summed E-state index contributed by atoms with van der Waals surface area (Å²) >= 11 is 0. The Kier molecular flexibility index (Phi) is 6.42. The summed E-state index contributed by atoms with van der Waals surface area (Å²) < 4.78 is 45.8. The van der Waals surface area contributed by atoms with E-state index in [1.165, 1.54) is 0 Å². The van der Waals surface area contributed by atoms with Crippen molar-refractivity contribution in [2.45, 2.75) is 37.3 Å². The molecular formula is C27H22F3N7O3. The molecule has 4 N–H and O–H groups in total. The number of aliphatic hydroxyl groups excluding tert-OH is 1. The SMILES string of the molecule is O=C1Nc2ccccc2C(c2ccccc2)=NC1Nc1nnc(-c2ncc(C(F)(F)F)cc2N[C@@H]2CC[C@@H]2O)o1. The molecule has 1 aliphatic carbocycles. The van der Waals surface area contributed by atoms with Gasteiger partial charge in [0.1, 0.15) is 0 Å². The molecule has 204 valence electrons. The van der Waals surface area contributed by atoms with Crippen LogP contribution in [0.2, 0.25) is 0 Å². The van der Waals surface area contributed by atoms with Crippen LogP contribution in [-0.4, -0.2) is 50.2 Å². The molecule has 0 radical (unpaired) electrons. The Morgan fingerprint density at radius 1 is 1.00 bits per heavy atom. The predicted molar refractivity (Wildman–Crippen MR) is 140 cm³/mol. The molecule has 1 amide bonds. The van der Waals surface area contributed by atoms with Gasteiger partial charge in [0.05, 0.1) is 34.8 Å². The second-order valence-corrected chi connectivity index (χ2v) is 9.35. The number of rotatable bonds is 6. The van der Waals surface area contributed by atoms with Crippen LogP contribution in [0, 0.1) is 0 Å². The largest absolute Gasteiger partial charge is 0.417 e. The third kappa shape index (κ3) is 4.98. The van der Waals surface area contributed by atoms with E-state index < -0.39 is 36.0 Å². The normalized spacial score (nSPS) is 20.4. The molecule has 2 aromatic carbocycles. The van der Waals surface area contributed by atoms with E-state index in [4.69, 9.17) is 4.42 Å². The molecule has 0 spiro atoms. The fraction of sp³-hybridized carbons (Fsp3) is 0.222. The van der Waals surface area contributed by atoms with Gasteiger partial charge in [-0.1, -0.05) is 53.6 Å². The van der Waals surface area contributed by atoms with Gasteiger partial charge in [0, 0.05) is 17.3 Å². The lowest BCUT2D eigenvalue weighted by molar-refractivity contribution is -0.137. The van der Waals surface area contributed by atoms with Crippen LogP contribution < -0.4 is 16.0 Å². The average molecular weight is 550 g/mol. The number of nitrogens with one attached hydrogen (secondary N) is 3. The van der Waals surface area contributed by atoms with E-state index in [-0.39, 0.29) is 23.3 Å². The zero-order chi connectivity index (χ0) is 27.9. The number of hydrogen-bond donors (Lipinski definition) is 4. The molecule has 2 aromatic heterocycles. The van der Waals surface area contributed by atoms with Gasteiger partial charge in [-0.15, -0.1) is 5.10 Å². The summed E-state index contributed by atoms with van der Waals surface area (Å²) in [5, 5.41) is 26.4. The second kappa shape index (κ2) is 10.1. The van der Waals surface area contributed by atoms with Crippen molar-refractivity contribution in [1.82, 2.24) is 15.2 Å². The highest BCUT2D eigenvalue weighted by Gasteiger charge is 2.35. The van der Waals surface area contributed by atoms with E-state index in [2.05, 4.69) is 36.1 Å². The summed E-state index contributed by atoms with van der Waals surface area (Å²) in [6, 6.07) is 16.8. The number of aliphatic imine (C=N–C) groups is 1.